The van der Waals surface area contributed by atoms with Gasteiger partial charge in [-0.1, -0.05) is 53.1 Å². The maximum Gasteiger partial charge on any atom is 0.338 e. The Bertz CT molecular complexity index is 4560. The van der Waals surface area contributed by atoms with Crippen LogP contribution < -0.4 is 17.2 Å². The van der Waals surface area contributed by atoms with Gasteiger partial charge in [0.1, 0.15) is 122 Å². The molecule has 5 aliphatic rings. The third-order valence-corrected chi connectivity index (χ3v) is 16.8. The number of fused-ring (bicyclic) bond motifs is 5. The zero-order chi connectivity index (χ0) is 69.5. The summed E-state index contributed by atoms with van der Waals surface area (Å²) in [5, 5.41) is 81.9. The molecule has 0 amide bonds. The first-order chi connectivity index (χ1) is 46.2. The summed E-state index contributed by atoms with van der Waals surface area (Å²) in [6, 6.07) is 36.9. The van der Waals surface area contributed by atoms with Gasteiger partial charge < -0.3 is 80.3 Å². The number of rotatable bonds is 11. The molecule has 9 aromatic rings. The number of nitrogens with zero attached hydrogens (tertiary/aromatic N) is 12. The molecule has 6 aromatic heterocycles. The summed E-state index contributed by atoms with van der Waals surface area (Å²) in [5.74, 6) is -3.06. The quantitative estimate of drug-likeness (QED) is 0.0897. The number of nitrogens with two attached hydrogens (primary N) is 3. The van der Waals surface area contributed by atoms with Crippen molar-refractivity contribution in [2.24, 2.45) is 0 Å². The van der Waals surface area contributed by atoms with Gasteiger partial charge in [-0.05, 0) is 121 Å². The number of carboxylic acid groups (broad SMARTS) is 1. The Kier molecular flexibility index (Phi) is 18.6. The molecular weight excluding hydrogens is 1260 g/mol. The van der Waals surface area contributed by atoms with Gasteiger partial charge >= 0.3 is 17.9 Å². The van der Waals surface area contributed by atoms with Crippen molar-refractivity contribution in [1.82, 2.24) is 43.8 Å². The lowest BCUT2D eigenvalue weighted by Crippen LogP contribution is -2.41. The molecule has 3 aromatic carbocycles. The number of hydrogen-bond acceptors (Lipinski definition) is 27. The van der Waals surface area contributed by atoms with E-state index in [2.05, 4.69) is 42.4 Å². The summed E-state index contributed by atoms with van der Waals surface area (Å²) >= 11 is 0. The molecule has 0 saturated carbocycles. The minimum atomic E-state index is -1.94. The maximum atomic E-state index is 12.6. The van der Waals surface area contributed by atoms with Crippen molar-refractivity contribution in [3.8, 4) is 18.2 Å². The van der Waals surface area contributed by atoms with Gasteiger partial charge in [0, 0.05) is 0 Å². The number of esters is 2. The third kappa shape index (κ3) is 12.7. The first-order valence-corrected chi connectivity index (χ1v) is 30.2. The second-order valence-electron chi connectivity index (χ2n) is 24.3. The second kappa shape index (κ2) is 26.5. The van der Waals surface area contributed by atoms with E-state index in [1.165, 1.54) is 38.6 Å². The highest BCUT2D eigenvalue weighted by molar-refractivity contribution is 5.90. The third-order valence-electron chi connectivity index (χ3n) is 16.8. The lowest BCUT2D eigenvalue weighted by molar-refractivity contribution is -0.204. The van der Waals surface area contributed by atoms with Gasteiger partial charge in [-0.15, -0.1) is 0 Å². The first kappa shape index (κ1) is 67.8. The van der Waals surface area contributed by atoms with Crippen LogP contribution in [0.1, 0.15) is 92.5 Å². The molecule has 0 radical (unpaired) electrons. The summed E-state index contributed by atoms with van der Waals surface area (Å²) in [5.41, 5.74) is 19.5. The van der Waals surface area contributed by atoms with E-state index in [-0.39, 0.29) is 37.2 Å². The number of aromatic nitrogens is 9. The van der Waals surface area contributed by atoms with Gasteiger partial charge in [-0.25, -0.2) is 42.9 Å². The smallest absolute Gasteiger partial charge is 0.338 e. The Morgan fingerprint density at radius 3 is 1.21 bits per heavy atom. The number of aliphatic hydroxyl groups excluding tert-OH is 3. The highest BCUT2D eigenvalue weighted by atomic mass is 16.8. The summed E-state index contributed by atoms with van der Waals surface area (Å²) in [4.78, 5) is 46.9. The Hall–Kier alpha value is -10.6. The molecule has 11 heterocycles. The topological polar surface area (TPSA) is 455 Å². The van der Waals surface area contributed by atoms with Gasteiger partial charge in [0.15, 0.2) is 29.0 Å². The van der Waals surface area contributed by atoms with Crippen LogP contribution in [0.25, 0.3) is 16.6 Å². The van der Waals surface area contributed by atoms with Crippen molar-refractivity contribution in [3.63, 3.8) is 0 Å². The zero-order valence-electron chi connectivity index (χ0n) is 53.2. The van der Waals surface area contributed by atoms with Crippen LogP contribution in [0.15, 0.2) is 128 Å². The molecule has 31 heteroatoms. The van der Waals surface area contributed by atoms with Gasteiger partial charge in [0.25, 0.3) is 0 Å². The fourth-order valence-electron chi connectivity index (χ4n) is 12.0. The lowest BCUT2D eigenvalue weighted by Gasteiger charge is -2.28. The molecule has 14 rings (SSSR count). The first-order valence-electron chi connectivity index (χ1n) is 30.2. The SMILES string of the molecule is CC1(C)O[C@H]2[C@@H](O1)[C@](C#N)(c1ccc3c(N)ncnn13)O[C@@H]2CO.Cc1ccc(C(=O)O)cc1.Cc1ccc(C(=O)OC[C@H]2O[C@@](C#N)(c3ccc4c(N)ncnn34)[C@@H]3OC(C)(C)O[C@@H]32)cc1.Cc1ccc(C(=O)OC[C@H]2O[C@@](C#N)(c3ccc4c(N)ncnn34)[C@H](O)[C@@H]2O)cc1. The van der Waals surface area contributed by atoms with Crippen LogP contribution in [0.5, 0.6) is 0 Å². The highest BCUT2D eigenvalue weighted by Gasteiger charge is 2.67. The van der Waals surface area contributed by atoms with Crippen LogP contribution in [-0.4, -0.2) is 168 Å². The number of carbonyl (C=O) groups excluding carboxylic acids is 2. The van der Waals surface area contributed by atoms with Crippen molar-refractivity contribution < 1.29 is 77.4 Å². The maximum absolute atomic E-state index is 12.6. The molecule has 0 bridgehead atoms. The fraction of sp³-hybridized carbons (Fsp3) is 0.364. The van der Waals surface area contributed by atoms with Gasteiger partial charge in [0.2, 0.25) is 16.8 Å². The average molecular weight is 1330 g/mol. The molecule has 0 spiro atoms. The Labute approximate surface area is 552 Å². The van der Waals surface area contributed by atoms with Crippen LogP contribution >= 0.6 is 0 Å². The molecule has 12 atom stereocenters. The van der Waals surface area contributed by atoms with E-state index < -0.39 is 101 Å². The van der Waals surface area contributed by atoms with Crippen LogP contribution in [0, 0.1) is 54.8 Å². The Morgan fingerprint density at radius 2 is 0.835 bits per heavy atom. The summed E-state index contributed by atoms with van der Waals surface area (Å²) in [6.45, 7) is 12.0. The highest BCUT2D eigenvalue weighted by Crippen LogP contribution is 2.51. The number of nitriles is 3. The van der Waals surface area contributed by atoms with E-state index in [9.17, 15) is 45.5 Å². The number of carbonyl (C=O) groups is 3. The standard InChI is InChI=1S/C23H23N5O5.C20H19N5O5.C15H17N5O4.C8H8O2/c1-13-4-6-14(7-5-13)21(29)30-10-16-18-19(33-22(2,3)32-18)23(11-24,31-16)17-9-8-15-20(25)26-12-27-28(15)17;1-11-2-4-12(5-3-11)19(28)29-8-14-16(26)17(27)20(9-21,30-14)15-7-6-13-18(22)23-10-24-25(13)15;1-14(2)23-11-9(5-21)22-15(6-16,12(11)24-14)10-4-3-8-13(17)18-7-19-20(8)10;1-6-2-4-7(5-3-6)8(9)10/h4-9,12,16,18-19H,10H2,1-3H3,(H2,25,26,27);2-7,10,14,16-17,26-27H,8H2,1H3,(H2,22,23,24);3-4,7,9,11-12,21H,5H2,1-2H3,(H2,17,18,19);2-5H,1H3,(H,9,10)/t16-,18-,19-,23+;14-,16-,17-,20+;9-,11-,12-,15+;/m111./s1. The van der Waals surface area contributed by atoms with E-state index in [0.29, 0.717) is 50.4 Å². The molecule has 31 nitrogen and oxygen atoms in total. The number of aliphatic hydroxyl groups is 3. The molecule has 0 aliphatic carbocycles. The van der Waals surface area contributed by atoms with Crippen LogP contribution in [0.2, 0.25) is 0 Å². The number of ether oxygens (including phenoxy) is 9. The minimum absolute atomic E-state index is 0.114. The normalized spacial score (nSPS) is 26.9. The number of hydrogen-bond donors (Lipinski definition) is 7. The van der Waals surface area contributed by atoms with Crippen molar-refractivity contribution in [1.29, 1.82) is 15.8 Å². The number of anilines is 3. The van der Waals surface area contributed by atoms with E-state index in [1.54, 1.807) is 119 Å². The summed E-state index contributed by atoms with van der Waals surface area (Å²) in [6.07, 6.45) is -4.50. The van der Waals surface area contributed by atoms with Gasteiger partial charge in [-0.2, -0.15) is 31.1 Å². The molecule has 10 N–H and O–H groups in total. The van der Waals surface area contributed by atoms with Crippen LogP contribution in [-0.2, 0) is 59.4 Å². The summed E-state index contributed by atoms with van der Waals surface area (Å²) < 4.78 is 57.0. The predicted molar refractivity (Wildman–Crippen MR) is 337 cm³/mol. The Balaban J connectivity index is 0.000000139. The average Bonchev–Trinajstić information content (AvgIpc) is 1.57. The second-order valence-corrected chi connectivity index (χ2v) is 24.3. The van der Waals surface area contributed by atoms with Crippen molar-refractivity contribution >= 4 is 51.9 Å². The summed E-state index contributed by atoms with van der Waals surface area (Å²) in [7, 11) is 0. The fourth-order valence-corrected chi connectivity index (χ4v) is 12.0. The van der Waals surface area contributed by atoms with E-state index >= 15 is 0 Å². The van der Waals surface area contributed by atoms with Crippen molar-refractivity contribution in [2.45, 2.75) is 132 Å². The van der Waals surface area contributed by atoms with Crippen molar-refractivity contribution in [3.05, 3.63) is 179 Å². The number of aromatic carboxylic acids is 1. The monoisotopic (exact) mass is 1330 g/mol. The van der Waals surface area contributed by atoms with E-state index in [4.69, 9.17) is 64.9 Å². The molecule has 97 heavy (non-hydrogen) atoms. The van der Waals surface area contributed by atoms with Crippen LogP contribution in [0.4, 0.5) is 17.5 Å². The number of nitrogen functional groups attached to an aromatic ring is 3. The predicted octanol–water partition coefficient (Wildman–Crippen LogP) is 4.07. The Morgan fingerprint density at radius 1 is 0.495 bits per heavy atom. The molecule has 5 aliphatic heterocycles. The molecule has 5 fully saturated rings. The van der Waals surface area contributed by atoms with E-state index in [0.717, 1.165) is 16.7 Å². The number of benzene rings is 3. The molecule has 502 valence electrons. The largest absolute Gasteiger partial charge is 0.478 e. The molecule has 0 unspecified atom stereocenters. The molecular formula is C66H67N15O16. The lowest BCUT2D eigenvalue weighted by atomic mass is 9.92. The number of carboxylic acids is 1. The van der Waals surface area contributed by atoms with Gasteiger partial charge in [-0.3, -0.25) is 0 Å². The zero-order valence-corrected chi connectivity index (χ0v) is 53.2. The van der Waals surface area contributed by atoms with Gasteiger partial charge in [0.05, 0.1) is 40.4 Å². The van der Waals surface area contributed by atoms with Crippen molar-refractivity contribution in [2.75, 3.05) is 37.0 Å². The number of aryl methyl sites for hydroxylation is 3. The molecule has 5 saturated heterocycles. The van der Waals surface area contributed by atoms with E-state index in [1.807, 2.05) is 39.0 Å². The minimum Gasteiger partial charge on any atom is -0.478 e. The van der Waals surface area contributed by atoms with Crippen LogP contribution in [0.3, 0.4) is 0 Å².